The van der Waals surface area contributed by atoms with Gasteiger partial charge in [-0.1, -0.05) is 5.21 Å². The number of aromatic nitrogens is 3. The van der Waals surface area contributed by atoms with Crippen LogP contribution >= 0.6 is 0 Å². The van der Waals surface area contributed by atoms with Crippen molar-refractivity contribution >= 4 is 5.91 Å². The van der Waals surface area contributed by atoms with E-state index >= 15 is 0 Å². The summed E-state index contributed by atoms with van der Waals surface area (Å²) in [4.78, 5) is 11.1. The zero-order valence-electron chi connectivity index (χ0n) is 10.1. The number of carbonyl (C=O) groups is 1. The van der Waals surface area contributed by atoms with Gasteiger partial charge >= 0.3 is 0 Å². The van der Waals surface area contributed by atoms with Gasteiger partial charge in [-0.05, 0) is 19.8 Å². The normalized spacial score (nSPS) is 12.6. The number of aryl methyl sites for hydroxylation is 1. The van der Waals surface area contributed by atoms with Crippen LogP contribution in [0, 0.1) is 0 Å². The fraction of sp³-hybridized carbons (Fsp3) is 0.700. The topological polar surface area (TPSA) is 103 Å². The Morgan fingerprint density at radius 1 is 1.65 bits per heavy atom. The van der Waals surface area contributed by atoms with E-state index in [9.17, 15) is 4.79 Å². The number of rotatable bonds is 7. The van der Waals surface area contributed by atoms with Crippen LogP contribution in [0.1, 0.15) is 35.9 Å². The van der Waals surface area contributed by atoms with Crippen LogP contribution in [0.15, 0.2) is 0 Å². The third-order valence-electron chi connectivity index (χ3n) is 2.34. The summed E-state index contributed by atoms with van der Waals surface area (Å²) in [5.74, 6) is -0.612. The highest BCUT2D eigenvalue weighted by Gasteiger charge is 2.16. The second-order valence-electron chi connectivity index (χ2n) is 3.90. The fourth-order valence-electron chi connectivity index (χ4n) is 1.52. The van der Waals surface area contributed by atoms with E-state index in [0.29, 0.717) is 18.7 Å². The average molecular weight is 242 g/mol. The van der Waals surface area contributed by atoms with Crippen LogP contribution in [0.25, 0.3) is 0 Å². The van der Waals surface area contributed by atoms with E-state index in [2.05, 4.69) is 10.3 Å². The maximum atomic E-state index is 11.1. The summed E-state index contributed by atoms with van der Waals surface area (Å²) in [5.41, 5.74) is 5.90. The number of aliphatic hydroxyl groups excluding tert-OH is 1. The lowest BCUT2D eigenvalue weighted by atomic mass is 10.2. The van der Waals surface area contributed by atoms with Crippen molar-refractivity contribution in [3.8, 4) is 0 Å². The largest absolute Gasteiger partial charge is 0.393 e. The fourth-order valence-corrected chi connectivity index (χ4v) is 1.52. The number of ether oxygens (including phenoxy) is 1. The monoisotopic (exact) mass is 242 g/mol. The Bertz CT molecular complexity index is 376. The average Bonchev–Trinajstić information content (AvgIpc) is 2.62. The van der Waals surface area contributed by atoms with Crippen molar-refractivity contribution in [1.29, 1.82) is 0 Å². The van der Waals surface area contributed by atoms with Gasteiger partial charge in [0.15, 0.2) is 5.69 Å². The molecule has 0 radical (unpaired) electrons. The zero-order valence-corrected chi connectivity index (χ0v) is 10.1. The summed E-state index contributed by atoms with van der Waals surface area (Å²) < 4.78 is 6.58. The third-order valence-corrected chi connectivity index (χ3v) is 2.34. The highest BCUT2D eigenvalue weighted by atomic mass is 16.5. The van der Waals surface area contributed by atoms with Crippen molar-refractivity contribution < 1.29 is 14.6 Å². The molecule has 0 saturated heterocycles. The molecule has 0 aliphatic rings. The summed E-state index contributed by atoms with van der Waals surface area (Å²) in [7, 11) is 1.53. The molecule has 7 heteroatoms. The molecule has 1 amide bonds. The molecule has 1 heterocycles. The molecule has 0 saturated carbocycles. The number of primary amides is 1. The molecule has 0 aliphatic carbocycles. The van der Waals surface area contributed by atoms with Crippen LogP contribution in [0.4, 0.5) is 0 Å². The molecule has 1 atom stereocenters. The molecule has 0 bridgehead atoms. The van der Waals surface area contributed by atoms with Gasteiger partial charge < -0.3 is 15.6 Å². The number of nitrogens with zero attached hydrogens (tertiary/aromatic N) is 3. The van der Waals surface area contributed by atoms with E-state index in [-0.39, 0.29) is 18.4 Å². The van der Waals surface area contributed by atoms with E-state index in [4.69, 9.17) is 15.6 Å². The highest BCUT2D eigenvalue weighted by Crippen LogP contribution is 2.08. The zero-order chi connectivity index (χ0) is 12.8. The third kappa shape index (κ3) is 3.79. The Morgan fingerprint density at radius 3 is 2.88 bits per heavy atom. The molecule has 7 nitrogen and oxygen atoms in total. The van der Waals surface area contributed by atoms with Gasteiger partial charge in [0.25, 0.3) is 5.91 Å². The Balaban J connectivity index is 2.73. The summed E-state index contributed by atoms with van der Waals surface area (Å²) in [5, 5.41) is 16.7. The molecule has 96 valence electrons. The van der Waals surface area contributed by atoms with Crippen molar-refractivity contribution in [2.45, 2.75) is 39.0 Å². The maximum absolute atomic E-state index is 11.1. The highest BCUT2D eigenvalue weighted by molar-refractivity contribution is 5.91. The Hall–Kier alpha value is -1.47. The first-order chi connectivity index (χ1) is 8.06. The van der Waals surface area contributed by atoms with Crippen LogP contribution in [0.2, 0.25) is 0 Å². The predicted octanol–water partition coefficient (Wildman–Crippen LogP) is -0.316. The Morgan fingerprint density at radius 2 is 2.35 bits per heavy atom. The minimum atomic E-state index is -0.612. The standard InChI is InChI=1S/C10H18N4O3/c1-7(15)4-3-5-14-8(6-17-2)9(10(11)16)12-13-14/h7,15H,3-6H2,1-2H3,(H2,11,16). The summed E-state index contributed by atoms with van der Waals surface area (Å²) in [6.07, 6.45) is 1.06. The van der Waals surface area contributed by atoms with E-state index in [0.717, 1.165) is 6.42 Å². The van der Waals surface area contributed by atoms with Crippen molar-refractivity contribution in [1.82, 2.24) is 15.0 Å². The van der Waals surface area contributed by atoms with Crippen LogP contribution in [0.3, 0.4) is 0 Å². The number of carbonyl (C=O) groups excluding carboxylic acids is 1. The van der Waals surface area contributed by atoms with Gasteiger partial charge in [0.1, 0.15) is 0 Å². The van der Waals surface area contributed by atoms with Crippen LogP contribution in [0.5, 0.6) is 0 Å². The van der Waals surface area contributed by atoms with Gasteiger partial charge in [0.05, 0.1) is 18.4 Å². The van der Waals surface area contributed by atoms with Gasteiger partial charge in [-0.15, -0.1) is 5.10 Å². The van der Waals surface area contributed by atoms with E-state index in [1.807, 2.05) is 0 Å². The molecule has 1 aromatic rings. The quantitative estimate of drug-likeness (QED) is 0.682. The van der Waals surface area contributed by atoms with Crippen LogP contribution in [-0.4, -0.2) is 39.2 Å². The summed E-state index contributed by atoms with van der Waals surface area (Å²) in [6, 6.07) is 0. The lowest BCUT2D eigenvalue weighted by molar-refractivity contribution is 0.0989. The SMILES string of the molecule is COCc1c(C(N)=O)nnn1CCCC(C)O. The lowest BCUT2D eigenvalue weighted by Gasteiger charge is -2.07. The number of aliphatic hydroxyl groups is 1. The van der Waals surface area contributed by atoms with E-state index in [1.165, 1.54) is 7.11 Å². The summed E-state index contributed by atoms with van der Waals surface area (Å²) in [6.45, 7) is 2.54. The van der Waals surface area contributed by atoms with Gasteiger partial charge in [-0.3, -0.25) is 4.79 Å². The molecule has 0 fully saturated rings. The van der Waals surface area contributed by atoms with Gasteiger partial charge in [0.2, 0.25) is 0 Å². The van der Waals surface area contributed by atoms with Gasteiger partial charge in [-0.2, -0.15) is 0 Å². The first kappa shape index (κ1) is 13.6. The number of amides is 1. The van der Waals surface area contributed by atoms with Crippen LogP contribution in [-0.2, 0) is 17.9 Å². The van der Waals surface area contributed by atoms with E-state index < -0.39 is 5.91 Å². The first-order valence-corrected chi connectivity index (χ1v) is 5.45. The van der Waals surface area contributed by atoms with E-state index in [1.54, 1.807) is 11.6 Å². The molecule has 0 spiro atoms. The molecular weight excluding hydrogens is 224 g/mol. The van der Waals surface area contributed by atoms with Crippen LogP contribution < -0.4 is 5.73 Å². The lowest BCUT2D eigenvalue weighted by Crippen LogP contribution is -2.16. The molecule has 17 heavy (non-hydrogen) atoms. The molecule has 0 aromatic carbocycles. The number of methoxy groups -OCH3 is 1. The predicted molar refractivity (Wildman–Crippen MR) is 60.2 cm³/mol. The molecular formula is C10H18N4O3. The molecule has 1 unspecified atom stereocenters. The van der Waals surface area contributed by atoms with Crippen molar-refractivity contribution in [2.75, 3.05) is 7.11 Å². The minimum absolute atomic E-state index is 0.142. The van der Waals surface area contributed by atoms with Gasteiger partial charge in [0, 0.05) is 13.7 Å². The van der Waals surface area contributed by atoms with Crippen molar-refractivity contribution in [2.24, 2.45) is 5.73 Å². The molecule has 3 N–H and O–H groups in total. The maximum Gasteiger partial charge on any atom is 0.271 e. The molecule has 1 aromatic heterocycles. The summed E-state index contributed by atoms with van der Waals surface area (Å²) >= 11 is 0. The second kappa shape index (κ2) is 6.31. The Kier molecular flexibility index (Phi) is 5.05. The molecule has 1 rings (SSSR count). The number of nitrogens with two attached hydrogens (primary N) is 1. The molecule has 0 aliphatic heterocycles. The smallest absolute Gasteiger partial charge is 0.271 e. The number of hydrogen-bond donors (Lipinski definition) is 2. The number of hydrogen-bond acceptors (Lipinski definition) is 5. The van der Waals surface area contributed by atoms with Crippen molar-refractivity contribution in [3.05, 3.63) is 11.4 Å². The van der Waals surface area contributed by atoms with Gasteiger partial charge in [-0.25, -0.2) is 4.68 Å². The van der Waals surface area contributed by atoms with Crippen molar-refractivity contribution in [3.63, 3.8) is 0 Å². The first-order valence-electron chi connectivity index (χ1n) is 5.45. The second-order valence-corrected chi connectivity index (χ2v) is 3.90. The minimum Gasteiger partial charge on any atom is -0.393 e. The Labute approximate surface area is 99.6 Å².